The zero-order valence-corrected chi connectivity index (χ0v) is 18.1. The molecule has 0 spiro atoms. The summed E-state index contributed by atoms with van der Waals surface area (Å²) in [5.74, 6) is -0.342. The Labute approximate surface area is 178 Å². The van der Waals surface area contributed by atoms with Crippen LogP contribution in [0.4, 0.5) is 5.69 Å². The minimum atomic E-state index is -3.89. The fourth-order valence-corrected chi connectivity index (χ4v) is 3.15. The van der Waals surface area contributed by atoms with Gasteiger partial charge in [0.05, 0.1) is 30.3 Å². The molecular formula is C16H28Cl2N4O5S. The summed E-state index contributed by atoms with van der Waals surface area (Å²) in [6.07, 6.45) is 0. The fourth-order valence-electron chi connectivity index (χ4n) is 2.61. The summed E-state index contributed by atoms with van der Waals surface area (Å²) in [6, 6.07) is 4.37. The number of methoxy groups -OCH3 is 1. The van der Waals surface area contributed by atoms with E-state index in [-0.39, 0.29) is 41.2 Å². The van der Waals surface area contributed by atoms with E-state index >= 15 is 0 Å². The van der Waals surface area contributed by atoms with Crippen LogP contribution in [-0.4, -0.2) is 74.0 Å². The maximum atomic E-state index is 12.6. The summed E-state index contributed by atoms with van der Waals surface area (Å²) >= 11 is 0. The third kappa shape index (κ3) is 8.08. The highest BCUT2D eigenvalue weighted by Gasteiger charge is 2.21. The molecule has 9 nitrogen and oxygen atoms in total. The molecule has 0 saturated carbocycles. The highest BCUT2D eigenvalue weighted by Crippen LogP contribution is 2.24. The standard InChI is InChI=1S/C16H26N4O5S.2ClH/c1-24-9-6-18-4-5-19-16(21)14-12-13(26(17,22)23)2-3-15(14)20-7-10-25-11-8-20;;/h2-3,12,18H,4-11H2,1H3,(H,19,21)(H2,17,22,23);2*1H. The number of sulfonamides is 1. The van der Waals surface area contributed by atoms with Crippen LogP contribution in [0.25, 0.3) is 0 Å². The first-order valence-corrected chi connectivity index (χ1v) is 9.95. The molecule has 12 heteroatoms. The number of ether oxygens (including phenoxy) is 2. The molecule has 1 aliphatic rings. The molecule has 28 heavy (non-hydrogen) atoms. The van der Waals surface area contributed by atoms with Crippen molar-refractivity contribution in [3.8, 4) is 0 Å². The van der Waals surface area contributed by atoms with Crippen LogP contribution < -0.4 is 20.7 Å². The van der Waals surface area contributed by atoms with Gasteiger partial charge in [-0.3, -0.25) is 4.79 Å². The van der Waals surface area contributed by atoms with Gasteiger partial charge in [0.15, 0.2) is 0 Å². The number of nitrogens with one attached hydrogen (secondary N) is 2. The second-order valence-corrected chi connectivity index (χ2v) is 7.38. The molecule has 1 aromatic carbocycles. The van der Waals surface area contributed by atoms with Gasteiger partial charge in [-0.15, -0.1) is 24.8 Å². The number of primary sulfonamides is 1. The number of rotatable bonds is 9. The van der Waals surface area contributed by atoms with E-state index in [9.17, 15) is 13.2 Å². The number of anilines is 1. The van der Waals surface area contributed by atoms with Crippen LogP contribution in [0.3, 0.4) is 0 Å². The summed E-state index contributed by atoms with van der Waals surface area (Å²) in [6.45, 7) is 4.64. The van der Waals surface area contributed by atoms with E-state index in [0.717, 1.165) is 0 Å². The van der Waals surface area contributed by atoms with Crippen molar-refractivity contribution in [3.63, 3.8) is 0 Å². The van der Waals surface area contributed by atoms with Crippen LogP contribution in [0.5, 0.6) is 0 Å². The predicted octanol–water partition coefficient (Wildman–Crippen LogP) is -0.0200. The predicted molar refractivity (Wildman–Crippen MR) is 112 cm³/mol. The van der Waals surface area contributed by atoms with Crippen molar-refractivity contribution in [3.05, 3.63) is 23.8 Å². The topological polar surface area (TPSA) is 123 Å². The summed E-state index contributed by atoms with van der Waals surface area (Å²) in [7, 11) is -2.27. The van der Waals surface area contributed by atoms with Crippen molar-refractivity contribution in [2.45, 2.75) is 4.90 Å². The van der Waals surface area contributed by atoms with Gasteiger partial charge in [0, 0.05) is 45.5 Å². The fraction of sp³-hybridized carbons (Fsp3) is 0.562. The Morgan fingerprint density at radius 3 is 2.50 bits per heavy atom. The number of amides is 1. The van der Waals surface area contributed by atoms with Crippen molar-refractivity contribution in [1.82, 2.24) is 10.6 Å². The molecule has 162 valence electrons. The van der Waals surface area contributed by atoms with Gasteiger partial charge < -0.3 is 25.0 Å². The second kappa shape index (κ2) is 13.2. The number of nitrogens with zero attached hydrogens (tertiary/aromatic N) is 1. The van der Waals surface area contributed by atoms with Gasteiger partial charge in [0.2, 0.25) is 10.0 Å². The van der Waals surface area contributed by atoms with Crippen LogP contribution in [-0.2, 0) is 19.5 Å². The normalized spacial score (nSPS) is 14.0. The Balaban J connectivity index is 0.00000364. The number of hydrogen-bond donors (Lipinski definition) is 3. The maximum absolute atomic E-state index is 12.6. The Bertz CT molecular complexity index is 715. The molecule has 1 amide bonds. The molecule has 0 aliphatic carbocycles. The molecule has 1 aromatic rings. The molecule has 0 unspecified atom stereocenters. The lowest BCUT2D eigenvalue weighted by Crippen LogP contribution is -2.39. The SMILES string of the molecule is COCCNCCNC(=O)c1cc(S(N)(=O)=O)ccc1N1CCOCC1.Cl.Cl. The van der Waals surface area contributed by atoms with Crippen molar-refractivity contribution in [2.75, 3.05) is 64.6 Å². The average Bonchev–Trinajstić information content (AvgIpc) is 2.64. The minimum absolute atomic E-state index is 0. The summed E-state index contributed by atoms with van der Waals surface area (Å²) < 4.78 is 33.6. The van der Waals surface area contributed by atoms with E-state index in [1.165, 1.54) is 12.1 Å². The zero-order valence-electron chi connectivity index (χ0n) is 15.7. The van der Waals surface area contributed by atoms with Gasteiger partial charge in [0.1, 0.15) is 0 Å². The quantitative estimate of drug-likeness (QED) is 0.444. The zero-order chi connectivity index (χ0) is 19.0. The minimum Gasteiger partial charge on any atom is -0.383 e. The molecule has 0 bridgehead atoms. The van der Waals surface area contributed by atoms with E-state index in [2.05, 4.69) is 10.6 Å². The first-order chi connectivity index (χ1) is 12.4. The van der Waals surface area contributed by atoms with Crippen molar-refractivity contribution >= 4 is 46.4 Å². The van der Waals surface area contributed by atoms with Crippen LogP contribution in [0.1, 0.15) is 10.4 Å². The van der Waals surface area contributed by atoms with Gasteiger partial charge in [0.25, 0.3) is 5.91 Å². The van der Waals surface area contributed by atoms with Gasteiger partial charge in [-0.2, -0.15) is 0 Å². The number of hydrogen-bond acceptors (Lipinski definition) is 7. The first kappa shape index (κ1) is 26.9. The van der Waals surface area contributed by atoms with Crippen molar-refractivity contribution in [1.29, 1.82) is 0 Å². The Morgan fingerprint density at radius 1 is 1.21 bits per heavy atom. The molecule has 2 rings (SSSR count). The van der Waals surface area contributed by atoms with Crippen LogP contribution in [0, 0.1) is 0 Å². The van der Waals surface area contributed by atoms with Crippen LogP contribution in [0.2, 0.25) is 0 Å². The molecule has 0 aromatic heterocycles. The Kier molecular flexibility index (Phi) is 12.6. The van der Waals surface area contributed by atoms with Gasteiger partial charge in [-0.25, -0.2) is 13.6 Å². The largest absolute Gasteiger partial charge is 0.383 e. The van der Waals surface area contributed by atoms with Gasteiger partial charge in [-0.05, 0) is 18.2 Å². The van der Waals surface area contributed by atoms with E-state index in [1.807, 2.05) is 4.90 Å². The Hall–Kier alpha value is -1.14. The Morgan fingerprint density at radius 2 is 1.89 bits per heavy atom. The third-order valence-electron chi connectivity index (χ3n) is 3.96. The molecular weight excluding hydrogens is 431 g/mol. The lowest BCUT2D eigenvalue weighted by Gasteiger charge is -2.30. The molecule has 1 fully saturated rings. The molecule has 1 aliphatic heterocycles. The van der Waals surface area contributed by atoms with Crippen molar-refractivity contribution < 1.29 is 22.7 Å². The smallest absolute Gasteiger partial charge is 0.253 e. The summed E-state index contributed by atoms with van der Waals surface area (Å²) in [4.78, 5) is 14.5. The van der Waals surface area contributed by atoms with Gasteiger partial charge in [-0.1, -0.05) is 0 Å². The van der Waals surface area contributed by atoms with Crippen LogP contribution in [0.15, 0.2) is 23.1 Å². The molecule has 1 heterocycles. The first-order valence-electron chi connectivity index (χ1n) is 8.41. The number of nitrogens with two attached hydrogens (primary N) is 1. The summed E-state index contributed by atoms with van der Waals surface area (Å²) in [5, 5.41) is 11.1. The second-order valence-electron chi connectivity index (χ2n) is 5.82. The van der Waals surface area contributed by atoms with Crippen LogP contribution >= 0.6 is 24.8 Å². The number of morpholine rings is 1. The number of halogens is 2. The monoisotopic (exact) mass is 458 g/mol. The highest BCUT2D eigenvalue weighted by atomic mass is 35.5. The third-order valence-corrected chi connectivity index (χ3v) is 4.87. The van der Waals surface area contributed by atoms with E-state index in [0.29, 0.717) is 58.2 Å². The van der Waals surface area contributed by atoms with E-state index in [1.54, 1.807) is 13.2 Å². The van der Waals surface area contributed by atoms with Gasteiger partial charge >= 0.3 is 0 Å². The van der Waals surface area contributed by atoms with E-state index < -0.39 is 10.0 Å². The number of benzene rings is 1. The molecule has 1 saturated heterocycles. The lowest BCUT2D eigenvalue weighted by molar-refractivity contribution is 0.0952. The molecule has 0 radical (unpaired) electrons. The maximum Gasteiger partial charge on any atom is 0.253 e. The number of carbonyl (C=O) groups is 1. The van der Waals surface area contributed by atoms with Crippen molar-refractivity contribution in [2.24, 2.45) is 5.14 Å². The highest BCUT2D eigenvalue weighted by molar-refractivity contribution is 7.89. The molecule has 4 N–H and O–H groups in total. The van der Waals surface area contributed by atoms with E-state index in [4.69, 9.17) is 14.6 Å². The molecule has 0 atom stereocenters. The summed E-state index contributed by atoms with van der Waals surface area (Å²) in [5.41, 5.74) is 0.959. The number of carbonyl (C=O) groups excluding carboxylic acids is 1. The average molecular weight is 459 g/mol. The lowest BCUT2D eigenvalue weighted by atomic mass is 10.1.